The molecular formula is C58H65BCl2N8NaO11. The van der Waals surface area contributed by atoms with E-state index in [9.17, 15) is 33.6 Å². The van der Waals surface area contributed by atoms with Gasteiger partial charge in [0.15, 0.2) is 0 Å². The summed E-state index contributed by atoms with van der Waals surface area (Å²) in [5.41, 5.74) is 8.49. The number of fused-ring (bicyclic) bond motifs is 2. The molecule has 2 saturated heterocycles. The second kappa shape index (κ2) is 32.0. The standard InChI is InChI=1S/C26H27ClN4O2.C25H25ClN4O2.C4H6O4.C2H3BO2.CH4O.Na/c1-29-14-16-30(17-15-29)23-6-2-4-20-21(23)11-12-24(20)31-13-3-5-22(26(31)33)25(32)28-19-9-7-18(27)8-10-19;26-17-6-8-18(9-7-17)28-24(31)21-4-2-14-30(25(21)32)23-11-10-20-19(23)3-1-5-22(20)29-15-12-27-13-16-29;1-3(5)7-8-4(2)6;1-2(4)5-3;1-2;/h2-10,13,24H,11-12,14-17H2,1H3,(H,28,32);1-9,14,23,27H,10-13,15-16H2,(H,28,31);1-2H3;1H3;2H,1H3;/q;;;-1;;+1. The van der Waals surface area contributed by atoms with Crippen molar-refractivity contribution in [3.63, 3.8) is 0 Å². The molecule has 2 atom stereocenters. The number of carbonyl (C=O) groups excluding carboxylic acids is 5. The second-order valence-corrected chi connectivity index (χ2v) is 19.6. The average molecular weight is 1150 g/mol. The molecule has 2 aromatic heterocycles. The molecule has 4 aliphatic rings. The van der Waals surface area contributed by atoms with Crippen LogP contribution in [0.15, 0.2) is 131 Å². The number of nitrogens with one attached hydrogen (secondary N) is 3. The number of hydrogen-bond donors (Lipinski definition) is 4. The van der Waals surface area contributed by atoms with Crippen molar-refractivity contribution in [1.82, 2.24) is 19.4 Å². The minimum atomic E-state index is -0.639. The predicted molar refractivity (Wildman–Crippen MR) is 310 cm³/mol. The Hall–Kier alpha value is -6.75. The molecule has 2 fully saturated rings. The van der Waals surface area contributed by atoms with Crippen molar-refractivity contribution in [2.45, 2.75) is 58.5 Å². The van der Waals surface area contributed by atoms with Crippen LogP contribution in [0.1, 0.15) is 88.7 Å². The molecule has 10 rings (SSSR count). The van der Waals surface area contributed by atoms with Crippen LogP contribution in [0.25, 0.3) is 0 Å². The van der Waals surface area contributed by atoms with Gasteiger partial charge in [-0.25, -0.2) is 19.4 Å². The Labute approximate surface area is 504 Å². The van der Waals surface area contributed by atoms with Crippen LogP contribution >= 0.6 is 23.2 Å². The number of anilines is 4. The first-order valence-corrected chi connectivity index (χ1v) is 26.6. The summed E-state index contributed by atoms with van der Waals surface area (Å²) >= 11 is 11.8. The summed E-state index contributed by atoms with van der Waals surface area (Å²) in [6.07, 6.45) is 7.13. The van der Waals surface area contributed by atoms with E-state index in [-0.39, 0.29) is 63.9 Å². The molecule has 81 heavy (non-hydrogen) atoms. The van der Waals surface area contributed by atoms with Crippen LogP contribution < -0.4 is 66.4 Å². The zero-order valence-corrected chi connectivity index (χ0v) is 49.8. The minimum Gasteiger partial charge on any atom is -0.793 e. The summed E-state index contributed by atoms with van der Waals surface area (Å²) in [4.78, 5) is 96.3. The van der Waals surface area contributed by atoms with Gasteiger partial charge in [0, 0.05) is 125 Å². The van der Waals surface area contributed by atoms with Gasteiger partial charge in [-0.1, -0.05) is 47.5 Å². The molecule has 4 aromatic carbocycles. The fourth-order valence-corrected chi connectivity index (χ4v) is 10.0. The van der Waals surface area contributed by atoms with Gasteiger partial charge in [0.2, 0.25) is 5.97 Å². The van der Waals surface area contributed by atoms with E-state index in [1.165, 1.54) is 40.6 Å². The molecular weight excluding hydrogens is 1090 g/mol. The first-order valence-electron chi connectivity index (χ1n) is 25.9. The Morgan fingerprint density at radius 3 is 1.32 bits per heavy atom. The molecule has 19 nitrogen and oxygen atoms in total. The summed E-state index contributed by atoms with van der Waals surface area (Å²) in [5, 5.41) is 17.2. The number of amides is 2. The number of likely N-dealkylation sites (N-methyl/N-ethyl adjacent to an activating group) is 1. The number of rotatable bonds is 8. The van der Waals surface area contributed by atoms with Gasteiger partial charge in [-0.2, -0.15) is 0 Å². The van der Waals surface area contributed by atoms with Crippen LogP contribution in [-0.4, -0.2) is 123 Å². The number of nitrogens with zero attached hydrogens (tertiary/aromatic N) is 5. The van der Waals surface area contributed by atoms with Crippen LogP contribution in [0, 0.1) is 0 Å². The molecule has 2 aliphatic heterocycles. The predicted octanol–water partition coefficient (Wildman–Crippen LogP) is 4.01. The summed E-state index contributed by atoms with van der Waals surface area (Å²) in [6, 6.07) is 33.0. The van der Waals surface area contributed by atoms with Crippen LogP contribution in [0.5, 0.6) is 0 Å². The zero-order chi connectivity index (χ0) is 57.9. The van der Waals surface area contributed by atoms with E-state index in [1.54, 1.807) is 94.3 Å². The second-order valence-electron chi connectivity index (χ2n) is 18.8. The summed E-state index contributed by atoms with van der Waals surface area (Å²) in [7, 11) is 7.48. The minimum absolute atomic E-state index is 0. The number of hydrogen-bond acceptors (Lipinski definition) is 15. The topological polar surface area (TPSA) is 223 Å². The molecule has 4 N–H and O–H groups in total. The van der Waals surface area contributed by atoms with E-state index in [0.717, 1.165) is 99.0 Å². The van der Waals surface area contributed by atoms with Gasteiger partial charge in [-0.3, -0.25) is 24.0 Å². The monoisotopic (exact) mass is 1150 g/mol. The summed E-state index contributed by atoms with van der Waals surface area (Å²) in [5.74, 6) is -2.58. The smallest absolute Gasteiger partial charge is 0.793 e. The van der Waals surface area contributed by atoms with Crippen molar-refractivity contribution in [3.05, 3.63) is 186 Å². The Morgan fingerprint density at radius 1 is 0.568 bits per heavy atom. The van der Waals surface area contributed by atoms with E-state index in [2.05, 4.69) is 96.6 Å². The maximum atomic E-state index is 13.3. The Morgan fingerprint density at radius 2 is 0.951 bits per heavy atom. The van der Waals surface area contributed by atoms with Gasteiger partial charge in [-0.05, 0) is 140 Å². The summed E-state index contributed by atoms with van der Waals surface area (Å²) in [6.45, 7) is 11.6. The Bertz CT molecular complexity index is 3210. The third-order valence-electron chi connectivity index (χ3n) is 13.5. The molecule has 3 radical (unpaired) electrons. The van der Waals surface area contributed by atoms with Gasteiger partial charge < -0.3 is 57.6 Å². The van der Waals surface area contributed by atoms with Crippen LogP contribution in [0.3, 0.4) is 0 Å². The summed E-state index contributed by atoms with van der Waals surface area (Å²) < 4.78 is 7.04. The van der Waals surface area contributed by atoms with Crippen molar-refractivity contribution in [1.29, 1.82) is 0 Å². The van der Waals surface area contributed by atoms with Gasteiger partial charge >= 0.3 is 41.5 Å². The Kier molecular flexibility index (Phi) is 25.7. The third-order valence-corrected chi connectivity index (χ3v) is 14.0. The molecule has 0 bridgehead atoms. The van der Waals surface area contributed by atoms with E-state index in [1.807, 2.05) is 0 Å². The van der Waals surface area contributed by atoms with Crippen molar-refractivity contribution in [3.8, 4) is 0 Å². The molecule has 0 saturated carbocycles. The van der Waals surface area contributed by atoms with Crippen molar-refractivity contribution in [2.24, 2.45) is 0 Å². The van der Waals surface area contributed by atoms with Gasteiger partial charge in [-0.15, -0.1) is 0 Å². The molecule has 2 unspecified atom stereocenters. The van der Waals surface area contributed by atoms with Crippen molar-refractivity contribution >= 4 is 83.7 Å². The van der Waals surface area contributed by atoms with E-state index in [4.69, 9.17) is 28.3 Å². The van der Waals surface area contributed by atoms with E-state index >= 15 is 0 Å². The fourth-order valence-electron chi connectivity index (χ4n) is 9.79. The molecule has 6 aromatic rings. The number of aliphatic hydroxyl groups is 1. The number of benzene rings is 4. The first kappa shape index (κ1) is 65.1. The number of piperazine rings is 2. The SMILES string of the molecule is CC(=O)OOC(C)=O.CN1CCN(c2cccc3c2CCC3n2cccc(C(=O)Nc3ccc(Cl)cc3)c2=O)CC1.CO.O=C(Nc1ccc(Cl)cc1)c1cccn(C2CCc3c2cccc3N2CCNCC2)c1=O.[B-]OC(C)=O.[Na+]. The van der Waals surface area contributed by atoms with Gasteiger partial charge in [0.05, 0.1) is 12.1 Å². The van der Waals surface area contributed by atoms with Crippen LogP contribution in [0.2, 0.25) is 10.0 Å². The largest absolute Gasteiger partial charge is 1.00 e. The van der Waals surface area contributed by atoms with E-state index < -0.39 is 29.7 Å². The quantitative estimate of drug-likeness (QED) is 0.0961. The molecule has 4 heterocycles. The third kappa shape index (κ3) is 17.9. The maximum Gasteiger partial charge on any atom is 1.00 e. The molecule has 2 aliphatic carbocycles. The molecule has 0 spiro atoms. The van der Waals surface area contributed by atoms with Gasteiger partial charge in [0.25, 0.3) is 22.9 Å². The van der Waals surface area contributed by atoms with Crippen LogP contribution in [0.4, 0.5) is 22.7 Å². The fraction of sp³-hybridized carbons (Fsp3) is 0.328. The number of aliphatic hydroxyl groups excluding tert-OH is 1. The number of pyridine rings is 2. The average Bonchev–Trinajstić information content (AvgIpc) is 4.31. The number of aromatic nitrogens is 2. The van der Waals surface area contributed by atoms with E-state index in [0.29, 0.717) is 21.4 Å². The van der Waals surface area contributed by atoms with Crippen molar-refractivity contribution in [2.75, 3.05) is 86.9 Å². The molecule has 2 amide bonds. The van der Waals surface area contributed by atoms with Gasteiger partial charge in [0.1, 0.15) is 11.1 Å². The first-order chi connectivity index (χ1) is 38.5. The maximum absolute atomic E-state index is 13.3. The zero-order valence-electron chi connectivity index (χ0n) is 46.3. The molecule has 23 heteroatoms. The molecule has 421 valence electrons. The number of carbonyl (C=O) groups is 5. The van der Waals surface area contributed by atoms with Crippen molar-refractivity contribution < 1.29 is 73.1 Å². The Balaban J connectivity index is 0.000000236. The number of halogens is 2. The van der Waals surface area contributed by atoms with Crippen LogP contribution in [-0.2, 0) is 41.7 Å². The normalized spacial score (nSPS) is 15.7.